The molecule has 0 bridgehead atoms. The summed E-state index contributed by atoms with van der Waals surface area (Å²) in [5, 5.41) is 2.76. The standard InChI is InChI=1S/C18H20N2O4/c1-4-24-18(23)14-10-15(17(22)20-12(14)3)16(21)19-11(2)13-8-6-5-7-9-13/h5-11H,4H2,1-3H3,(H,19,21)(H,20,22). The van der Waals surface area contributed by atoms with E-state index in [9.17, 15) is 14.4 Å². The molecule has 0 saturated heterocycles. The number of amides is 1. The molecular weight excluding hydrogens is 308 g/mol. The smallest absolute Gasteiger partial charge is 0.339 e. The zero-order valence-electron chi connectivity index (χ0n) is 13.9. The van der Waals surface area contributed by atoms with Gasteiger partial charge in [0.25, 0.3) is 11.5 Å². The maximum atomic E-state index is 12.4. The quantitative estimate of drug-likeness (QED) is 0.825. The predicted octanol–water partition coefficient (Wildman–Crippen LogP) is 2.35. The van der Waals surface area contributed by atoms with Gasteiger partial charge in [0.05, 0.1) is 18.2 Å². The highest BCUT2D eigenvalue weighted by atomic mass is 16.5. The first-order valence-electron chi connectivity index (χ1n) is 7.71. The average Bonchev–Trinajstić information content (AvgIpc) is 2.55. The third-order valence-corrected chi connectivity index (χ3v) is 3.63. The molecule has 0 aliphatic heterocycles. The van der Waals surface area contributed by atoms with Crippen LogP contribution >= 0.6 is 0 Å². The SMILES string of the molecule is CCOC(=O)c1cc(C(=O)NC(C)c2ccccc2)c(=O)[nH]c1C. The molecule has 0 aliphatic rings. The summed E-state index contributed by atoms with van der Waals surface area (Å²) in [6.07, 6.45) is 0. The lowest BCUT2D eigenvalue weighted by Crippen LogP contribution is -2.32. The monoisotopic (exact) mass is 328 g/mol. The molecule has 0 spiro atoms. The number of carbonyl (C=O) groups excluding carboxylic acids is 2. The number of nitrogens with one attached hydrogen (secondary N) is 2. The van der Waals surface area contributed by atoms with Crippen LogP contribution in [0.15, 0.2) is 41.2 Å². The number of benzene rings is 1. The van der Waals surface area contributed by atoms with E-state index in [1.54, 1.807) is 13.8 Å². The minimum Gasteiger partial charge on any atom is -0.462 e. The van der Waals surface area contributed by atoms with E-state index in [-0.39, 0.29) is 23.8 Å². The fourth-order valence-electron chi connectivity index (χ4n) is 2.31. The Balaban J connectivity index is 2.27. The fourth-order valence-corrected chi connectivity index (χ4v) is 2.31. The van der Waals surface area contributed by atoms with Gasteiger partial charge in [-0.25, -0.2) is 4.79 Å². The Morgan fingerprint density at radius 1 is 1.21 bits per heavy atom. The summed E-state index contributed by atoms with van der Waals surface area (Å²) < 4.78 is 4.94. The second kappa shape index (κ2) is 7.59. The topological polar surface area (TPSA) is 88.3 Å². The number of ether oxygens (including phenoxy) is 1. The number of aromatic nitrogens is 1. The lowest BCUT2D eigenvalue weighted by molar-refractivity contribution is 0.0525. The van der Waals surface area contributed by atoms with Gasteiger partial charge in [0.15, 0.2) is 0 Å². The Labute approximate surface area is 139 Å². The highest BCUT2D eigenvalue weighted by Crippen LogP contribution is 2.13. The number of esters is 1. The number of hydrogen-bond acceptors (Lipinski definition) is 4. The van der Waals surface area contributed by atoms with E-state index >= 15 is 0 Å². The highest BCUT2D eigenvalue weighted by molar-refractivity contribution is 5.98. The van der Waals surface area contributed by atoms with Gasteiger partial charge in [-0.1, -0.05) is 30.3 Å². The van der Waals surface area contributed by atoms with Gasteiger partial charge in [0.1, 0.15) is 5.56 Å². The molecule has 6 heteroatoms. The van der Waals surface area contributed by atoms with Crippen molar-refractivity contribution in [1.82, 2.24) is 10.3 Å². The van der Waals surface area contributed by atoms with Crippen LogP contribution in [0.3, 0.4) is 0 Å². The molecule has 0 fully saturated rings. The summed E-state index contributed by atoms with van der Waals surface area (Å²) in [4.78, 5) is 38.9. The first kappa shape index (κ1) is 17.5. The Morgan fingerprint density at radius 3 is 2.50 bits per heavy atom. The molecule has 1 aromatic heterocycles. The molecule has 1 heterocycles. The van der Waals surface area contributed by atoms with E-state index in [1.807, 2.05) is 37.3 Å². The molecule has 126 valence electrons. The maximum Gasteiger partial charge on any atom is 0.339 e. The Morgan fingerprint density at radius 2 is 1.88 bits per heavy atom. The van der Waals surface area contributed by atoms with E-state index < -0.39 is 17.4 Å². The molecule has 2 rings (SSSR count). The van der Waals surface area contributed by atoms with Crippen LogP contribution in [-0.2, 0) is 4.74 Å². The van der Waals surface area contributed by atoms with Crippen molar-refractivity contribution in [2.45, 2.75) is 26.8 Å². The van der Waals surface area contributed by atoms with Crippen molar-refractivity contribution < 1.29 is 14.3 Å². The van der Waals surface area contributed by atoms with E-state index in [1.165, 1.54) is 6.07 Å². The summed E-state index contributed by atoms with van der Waals surface area (Å²) in [6.45, 7) is 5.31. The largest absolute Gasteiger partial charge is 0.462 e. The van der Waals surface area contributed by atoms with Crippen LogP contribution in [0.4, 0.5) is 0 Å². The van der Waals surface area contributed by atoms with Crippen LogP contribution in [-0.4, -0.2) is 23.5 Å². The van der Waals surface area contributed by atoms with Crippen molar-refractivity contribution in [3.63, 3.8) is 0 Å². The van der Waals surface area contributed by atoms with Gasteiger partial charge in [0.2, 0.25) is 0 Å². The minimum absolute atomic E-state index is 0.119. The van der Waals surface area contributed by atoms with Crippen LogP contribution in [0.25, 0.3) is 0 Å². The summed E-state index contributed by atoms with van der Waals surface area (Å²) in [6, 6.07) is 10.4. The molecule has 0 aliphatic carbocycles. The van der Waals surface area contributed by atoms with E-state index in [0.29, 0.717) is 5.69 Å². The van der Waals surface area contributed by atoms with Crippen LogP contribution in [0, 0.1) is 6.92 Å². The summed E-state index contributed by atoms with van der Waals surface area (Å²) in [5.74, 6) is -1.12. The van der Waals surface area contributed by atoms with Crippen LogP contribution in [0.2, 0.25) is 0 Å². The van der Waals surface area contributed by atoms with Crippen molar-refractivity contribution in [2.24, 2.45) is 0 Å². The Bertz CT molecular complexity index is 796. The van der Waals surface area contributed by atoms with Crippen LogP contribution < -0.4 is 10.9 Å². The number of aryl methyl sites for hydroxylation is 1. The average molecular weight is 328 g/mol. The van der Waals surface area contributed by atoms with Crippen molar-refractivity contribution in [2.75, 3.05) is 6.61 Å². The van der Waals surface area contributed by atoms with Gasteiger partial charge in [-0.2, -0.15) is 0 Å². The molecule has 1 amide bonds. The zero-order valence-corrected chi connectivity index (χ0v) is 13.9. The summed E-state index contributed by atoms with van der Waals surface area (Å²) in [7, 11) is 0. The van der Waals surface area contributed by atoms with Gasteiger partial charge in [-0.15, -0.1) is 0 Å². The molecule has 2 N–H and O–H groups in total. The van der Waals surface area contributed by atoms with Crippen molar-refractivity contribution in [3.05, 3.63) is 69.1 Å². The summed E-state index contributed by atoms with van der Waals surface area (Å²) in [5.41, 5.74) is 0.796. The number of H-pyrrole nitrogens is 1. The molecule has 1 aromatic carbocycles. The first-order chi connectivity index (χ1) is 11.4. The zero-order chi connectivity index (χ0) is 17.7. The number of pyridine rings is 1. The van der Waals surface area contributed by atoms with Gasteiger partial charge in [-0.3, -0.25) is 9.59 Å². The lowest BCUT2D eigenvalue weighted by Gasteiger charge is -2.14. The Kier molecular flexibility index (Phi) is 5.52. The lowest BCUT2D eigenvalue weighted by atomic mass is 10.1. The summed E-state index contributed by atoms with van der Waals surface area (Å²) >= 11 is 0. The number of hydrogen-bond donors (Lipinski definition) is 2. The van der Waals surface area contributed by atoms with Crippen LogP contribution in [0.1, 0.15) is 51.9 Å². The van der Waals surface area contributed by atoms with Crippen molar-refractivity contribution >= 4 is 11.9 Å². The predicted molar refractivity (Wildman–Crippen MR) is 90.1 cm³/mol. The third-order valence-electron chi connectivity index (χ3n) is 3.63. The molecule has 0 saturated carbocycles. The molecule has 1 unspecified atom stereocenters. The maximum absolute atomic E-state index is 12.4. The van der Waals surface area contributed by atoms with Gasteiger partial charge in [0, 0.05) is 5.69 Å². The minimum atomic E-state index is -0.573. The normalized spacial score (nSPS) is 11.6. The molecule has 6 nitrogen and oxygen atoms in total. The highest BCUT2D eigenvalue weighted by Gasteiger charge is 2.19. The number of rotatable bonds is 5. The molecule has 24 heavy (non-hydrogen) atoms. The van der Waals surface area contributed by atoms with Gasteiger partial charge < -0.3 is 15.0 Å². The van der Waals surface area contributed by atoms with E-state index in [2.05, 4.69) is 10.3 Å². The van der Waals surface area contributed by atoms with Gasteiger partial charge >= 0.3 is 5.97 Å². The molecule has 0 radical (unpaired) electrons. The molecular formula is C18H20N2O4. The first-order valence-corrected chi connectivity index (χ1v) is 7.71. The molecule has 2 aromatic rings. The van der Waals surface area contributed by atoms with Gasteiger partial charge in [-0.05, 0) is 32.4 Å². The second-order valence-corrected chi connectivity index (χ2v) is 5.38. The third kappa shape index (κ3) is 3.90. The van der Waals surface area contributed by atoms with Crippen LogP contribution in [0.5, 0.6) is 0 Å². The second-order valence-electron chi connectivity index (χ2n) is 5.38. The van der Waals surface area contributed by atoms with Crippen molar-refractivity contribution in [3.8, 4) is 0 Å². The fraction of sp³-hybridized carbons (Fsp3) is 0.278. The molecule has 1 atom stereocenters. The number of aromatic amines is 1. The number of carbonyl (C=O) groups is 2. The van der Waals surface area contributed by atoms with E-state index in [0.717, 1.165) is 5.56 Å². The van der Waals surface area contributed by atoms with E-state index in [4.69, 9.17) is 4.74 Å². The van der Waals surface area contributed by atoms with Crippen molar-refractivity contribution in [1.29, 1.82) is 0 Å². The Hall–Kier alpha value is -2.89.